The van der Waals surface area contributed by atoms with Crippen LogP contribution < -0.4 is 5.32 Å². The van der Waals surface area contributed by atoms with Crippen molar-refractivity contribution >= 4 is 23.3 Å². The lowest BCUT2D eigenvalue weighted by molar-refractivity contribution is 0.102. The van der Waals surface area contributed by atoms with E-state index in [4.69, 9.17) is 11.6 Å². The number of nitrogens with one attached hydrogen (secondary N) is 2. The van der Waals surface area contributed by atoms with Crippen molar-refractivity contribution in [1.82, 2.24) is 25.0 Å². The lowest BCUT2D eigenvalue weighted by atomic mass is 10.1. The highest BCUT2D eigenvalue weighted by Gasteiger charge is 2.13. The Labute approximate surface area is 160 Å². The molecule has 0 saturated carbocycles. The number of H-pyrrole nitrogens is 1. The first-order valence-corrected chi connectivity index (χ1v) is 8.60. The van der Waals surface area contributed by atoms with Crippen LogP contribution in [0.1, 0.15) is 16.1 Å². The summed E-state index contributed by atoms with van der Waals surface area (Å²) in [4.78, 5) is 16.5. The Morgan fingerprint density at radius 1 is 1.19 bits per heavy atom. The number of carbonyl (C=O) groups is 1. The number of halogens is 1. The van der Waals surface area contributed by atoms with Crippen LogP contribution >= 0.6 is 11.6 Å². The Morgan fingerprint density at radius 2 is 2.11 bits per heavy atom. The lowest BCUT2D eigenvalue weighted by Crippen LogP contribution is -2.13. The number of aromatic amines is 1. The van der Waals surface area contributed by atoms with E-state index < -0.39 is 0 Å². The standard InChI is InChI=1S/C19H15ClN6O/c20-15-5-1-4-14(9-15)16-10-17(24-23-16)19(27)22-18-6-8-26(25-18)12-13-3-2-7-21-11-13/h1-11H,12H2,(H,23,24)(H,22,25,27). The highest BCUT2D eigenvalue weighted by molar-refractivity contribution is 6.30. The predicted molar refractivity (Wildman–Crippen MR) is 103 cm³/mol. The second-order valence-electron chi connectivity index (χ2n) is 5.89. The molecule has 7 nitrogen and oxygen atoms in total. The van der Waals surface area contributed by atoms with Crippen LogP contribution in [0.4, 0.5) is 5.82 Å². The molecule has 3 aromatic heterocycles. The summed E-state index contributed by atoms with van der Waals surface area (Å²) in [6, 6.07) is 14.5. The van der Waals surface area contributed by atoms with Gasteiger partial charge in [-0.3, -0.25) is 19.6 Å². The van der Waals surface area contributed by atoms with Gasteiger partial charge in [-0.1, -0.05) is 29.8 Å². The highest BCUT2D eigenvalue weighted by atomic mass is 35.5. The zero-order valence-corrected chi connectivity index (χ0v) is 14.9. The second-order valence-corrected chi connectivity index (χ2v) is 6.33. The van der Waals surface area contributed by atoms with E-state index in [0.29, 0.717) is 28.8 Å². The van der Waals surface area contributed by atoms with Crippen LogP contribution in [0.3, 0.4) is 0 Å². The van der Waals surface area contributed by atoms with Gasteiger partial charge >= 0.3 is 0 Å². The van der Waals surface area contributed by atoms with Crippen molar-refractivity contribution in [3.8, 4) is 11.3 Å². The Kier molecular flexibility index (Phi) is 4.67. The van der Waals surface area contributed by atoms with Gasteiger partial charge in [0.15, 0.2) is 5.82 Å². The van der Waals surface area contributed by atoms with E-state index in [1.54, 1.807) is 47.5 Å². The van der Waals surface area contributed by atoms with Crippen LogP contribution in [-0.4, -0.2) is 30.9 Å². The van der Waals surface area contributed by atoms with Crippen molar-refractivity contribution < 1.29 is 4.79 Å². The molecule has 3 heterocycles. The van der Waals surface area contributed by atoms with Gasteiger partial charge in [0.2, 0.25) is 0 Å². The molecule has 0 spiro atoms. The van der Waals surface area contributed by atoms with Crippen molar-refractivity contribution in [1.29, 1.82) is 0 Å². The summed E-state index contributed by atoms with van der Waals surface area (Å²) >= 11 is 6.00. The molecule has 0 unspecified atom stereocenters. The normalized spacial score (nSPS) is 10.7. The third-order valence-corrected chi connectivity index (χ3v) is 4.13. The summed E-state index contributed by atoms with van der Waals surface area (Å²) in [6.45, 7) is 0.576. The van der Waals surface area contributed by atoms with Crippen LogP contribution in [0.2, 0.25) is 5.02 Å². The first kappa shape index (κ1) is 17.0. The first-order valence-electron chi connectivity index (χ1n) is 8.22. The fourth-order valence-corrected chi connectivity index (χ4v) is 2.80. The maximum absolute atomic E-state index is 12.4. The van der Waals surface area contributed by atoms with E-state index in [2.05, 4.69) is 25.6 Å². The third kappa shape index (κ3) is 4.04. The van der Waals surface area contributed by atoms with Crippen LogP contribution in [0.15, 0.2) is 67.1 Å². The molecule has 0 atom stereocenters. The fourth-order valence-electron chi connectivity index (χ4n) is 2.61. The molecule has 134 valence electrons. The van der Waals surface area contributed by atoms with Gasteiger partial charge in [0.05, 0.1) is 12.2 Å². The Balaban J connectivity index is 1.44. The Bertz CT molecular complexity index is 1070. The molecular weight excluding hydrogens is 364 g/mol. The summed E-state index contributed by atoms with van der Waals surface area (Å²) < 4.78 is 1.73. The zero-order valence-electron chi connectivity index (χ0n) is 14.1. The van der Waals surface area contributed by atoms with Crippen molar-refractivity contribution in [2.24, 2.45) is 0 Å². The van der Waals surface area contributed by atoms with E-state index in [1.807, 2.05) is 24.3 Å². The van der Waals surface area contributed by atoms with E-state index >= 15 is 0 Å². The van der Waals surface area contributed by atoms with E-state index in [-0.39, 0.29) is 5.91 Å². The molecular formula is C19H15ClN6O. The fraction of sp³-hybridized carbons (Fsp3) is 0.0526. The number of hydrogen-bond donors (Lipinski definition) is 2. The van der Waals surface area contributed by atoms with Gasteiger partial charge < -0.3 is 5.32 Å². The van der Waals surface area contributed by atoms with Gasteiger partial charge in [-0.15, -0.1) is 0 Å². The summed E-state index contributed by atoms with van der Waals surface area (Å²) in [7, 11) is 0. The number of aromatic nitrogens is 5. The molecule has 0 aliphatic carbocycles. The molecule has 0 aliphatic rings. The topological polar surface area (TPSA) is 88.5 Å². The maximum atomic E-state index is 12.4. The molecule has 1 amide bonds. The van der Waals surface area contributed by atoms with Gasteiger partial charge in [0.1, 0.15) is 5.69 Å². The number of carbonyl (C=O) groups excluding carboxylic acids is 1. The van der Waals surface area contributed by atoms with Crippen LogP contribution in [-0.2, 0) is 6.54 Å². The molecule has 8 heteroatoms. The summed E-state index contributed by atoms with van der Waals surface area (Å²) in [6.07, 6.45) is 5.30. The highest BCUT2D eigenvalue weighted by Crippen LogP contribution is 2.21. The average Bonchev–Trinajstić information content (AvgIpc) is 3.32. The molecule has 0 bridgehead atoms. The van der Waals surface area contributed by atoms with Crippen LogP contribution in [0.25, 0.3) is 11.3 Å². The number of hydrogen-bond acceptors (Lipinski definition) is 4. The molecule has 27 heavy (non-hydrogen) atoms. The molecule has 0 fully saturated rings. The Hall–Kier alpha value is -3.45. The van der Waals surface area contributed by atoms with Crippen molar-refractivity contribution in [2.75, 3.05) is 5.32 Å². The van der Waals surface area contributed by atoms with Gasteiger partial charge in [0.25, 0.3) is 5.91 Å². The minimum Gasteiger partial charge on any atom is -0.304 e. The minimum atomic E-state index is -0.317. The molecule has 4 aromatic rings. The summed E-state index contributed by atoms with van der Waals surface area (Å²) in [5, 5.41) is 14.6. The van der Waals surface area contributed by atoms with Crippen molar-refractivity contribution in [3.05, 3.63) is 83.4 Å². The summed E-state index contributed by atoms with van der Waals surface area (Å²) in [5.41, 5.74) is 2.84. The minimum absolute atomic E-state index is 0.317. The first-order chi connectivity index (χ1) is 13.2. The number of pyridine rings is 1. The second kappa shape index (κ2) is 7.43. The monoisotopic (exact) mass is 378 g/mol. The summed E-state index contributed by atoms with van der Waals surface area (Å²) in [5.74, 6) is 0.144. The zero-order chi connectivity index (χ0) is 18.6. The van der Waals surface area contributed by atoms with E-state index in [9.17, 15) is 4.79 Å². The number of benzene rings is 1. The molecule has 1 aromatic carbocycles. The molecule has 4 rings (SSSR count). The Morgan fingerprint density at radius 3 is 2.93 bits per heavy atom. The van der Waals surface area contributed by atoms with Crippen LogP contribution in [0, 0.1) is 0 Å². The molecule has 2 N–H and O–H groups in total. The number of amides is 1. The smallest absolute Gasteiger partial charge is 0.274 e. The van der Waals surface area contributed by atoms with E-state index in [1.165, 1.54) is 0 Å². The maximum Gasteiger partial charge on any atom is 0.274 e. The SMILES string of the molecule is O=C(Nc1ccn(Cc2cccnc2)n1)c1cc(-c2cccc(Cl)c2)n[nH]1. The molecule has 0 aliphatic heterocycles. The van der Waals surface area contributed by atoms with Gasteiger partial charge in [0, 0.05) is 35.2 Å². The van der Waals surface area contributed by atoms with Gasteiger partial charge in [-0.25, -0.2) is 0 Å². The average molecular weight is 379 g/mol. The van der Waals surface area contributed by atoms with Crippen molar-refractivity contribution in [2.45, 2.75) is 6.54 Å². The van der Waals surface area contributed by atoms with Crippen molar-refractivity contribution in [3.63, 3.8) is 0 Å². The van der Waals surface area contributed by atoms with E-state index in [0.717, 1.165) is 11.1 Å². The largest absolute Gasteiger partial charge is 0.304 e. The lowest BCUT2D eigenvalue weighted by Gasteiger charge is -2.01. The molecule has 0 saturated heterocycles. The molecule has 0 radical (unpaired) electrons. The third-order valence-electron chi connectivity index (χ3n) is 3.89. The van der Waals surface area contributed by atoms with Crippen LogP contribution in [0.5, 0.6) is 0 Å². The number of nitrogens with zero attached hydrogens (tertiary/aromatic N) is 4. The predicted octanol–water partition coefficient (Wildman–Crippen LogP) is 3.62. The number of rotatable bonds is 5. The quantitative estimate of drug-likeness (QED) is 0.555. The number of anilines is 1. The van der Waals surface area contributed by atoms with Gasteiger partial charge in [-0.2, -0.15) is 10.2 Å². The van der Waals surface area contributed by atoms with Gasteiger partial charge in [-0.05, 0) is 29.8 Å².